The summed E-state index contributed by atoms with van der Waals surface area (Å²) >= 11 is 0. The second-order valence-corrected chi connectivity index (χ2v) is 8.77. The Hall–Kier alpha value is -0.820. The summed E-state index contributed by atoms with van der Waals surface area (Å²) in [5.74, 6) is 0.822. The van der Waals surface area contributed by atoms with Crippen LogP contribution in [0.25, 0.3) is 0 Å². The summed E-state index contributed by atoms with van der Waals surface area (Å²) in [5.41, 5.74) is 0.0303. The Balaban J connectivity index is 4.35. The topological polar surface area (TPSA) is 79.8 Å². The number of guanidine groups is 1. The predicted molar refractivity (Wildman–Crippen MR) is 88.5 cm³/mol. The number of rotatable bonds is 7. The molecule has 0 spiro atoms. The molecule has 0 saturated heterocycles. The Labute approximate surface area is 129 Å². The van der Waals surface area contributed by atoms with E-state index in [9.17, 15) is 8.42 Å². The van der Waals surface area contributed by atoms with E-state index in [1.807, 2.05) is 6.92 Å². The number of hydrogen-bond donors (Lipinski definition) is 2. The lowest BCUT2D eigenvalue weighted by molar-refractivity contribution is 0.0205. The smallest absolute Gasteiger partial charge is 0.191 e. The highest BCUT2D eigenvalue weighted by Crippen LogP contribution is 2.20. The zero-order valence-electron chi connectivity index (χ0n) is 14.4. The van der Waals surface area contributed by atoms with Crippen LogP contribution in [-0.2, 0) is 14.6 Å². The Morgan fingerprint density at radius 3 is 2.29 bits per heavy atom. The number of aliphatic imine (C=N–C) groups is 1. The van der Waals surface area contributed by atoms with E-state index in [1.165, 1.54) is 6.26 Å². The highest BCUT2D eigenvalue weighted by atomic mass is 32.2. The maximum Gasteiger partial charge on any atom is 0.191 e. The standard InChI is InChI=1S/C14H31N3O3S/c1-11(8-9-21(7,18)19)17-13(15-5)16-10-12(20-6)14(2,3)4/h11-12H,8-10H2,1-7H3,(H2,15,16,17). The number of nitrogens with zero attached hydrogens (tertiary/aromatic N) is 1. The van der Waals surface area contributed by atoms with E-state index < -0.39 is 9.84 Å². The van der Waals surface area contributed by atoms with Crippen molar-refractivity contribution in [3.8, 4) is 0 Å². The first-order valence-corrected chi connectivity index (χ1v) is 9.23. The summed E-state index contributed by atoms with van der Waals surface area (Å²) in [6, 6.07) is 0.0292. The summed E-state index contributed by atoms with van der Waals surface area (Å²) in [6.45, 7) is 8.93. The SMILES string of the molecule is CN=C(NCC(OC)C(C)(C)C)NC(C)CCS(C)(=O)=O. The van der Waals surface area contributed by atoms with Crippen LogP contribution < -0.4 is 10.6 Å². The molecule has 126 valence electrons. The average Bonchev–Trinajstić information content (AvgIpc) is 2.33. The minimum atomic E-state index is -2.93. The second-order valence-electron chi connectivity index (χ2n) is 6.51. The molecule has 0 aromatic heterocycles. The van der Waals surface area contributed by atoms with Gasteiger partial charge in [-0.25, -0.2) is 8.42 Å². The van der Waals surface area contributed by atoms with Crippen molar-refractivity contribution >= 4 is 15.8 Å². The molecule has 21 heavy (non-hydrogen) atoms. The molecule has 2 atom stereocenters. The first-order chi connectivity index (χ1) is 9.49. The number of sulfone groups is 1. The van der Waals surface area contributed by atoms with Crippen molar-refractivity contribution in [2.45, 2.75) is 46.3 Å². The molecule has 0 aliphatic rings. The van der Waals surface area contributed by atoms with Gasteiger partial charge in [0, 0.05) is 33.0 Å². The molecule has 0 radical (unpaired) electrons. The first kappa shape index (κ1) is 20.2. The van der Waals surface area contributed by atoms with E-state index in [-0.39, 0.29) is 23.3 Å². The molecule has 0 aromatic rings. The van der Waals surface area contributed by atoms with Gasteiger partial charge in [-0.05, 0) is 18.8 Å². The van der Waals surface area contributed by atoms with Crippen LogP contribution >= 0.6 is 0 Å². The Kier molecular flexibility index (Phi) is 8.25. The fraction of sp³-hybridized carbons (Fsp3) is 0.929. The molecule has 0 aliphatic carbocycles. The normalized spacial score (nSPS) is 16.4. The third-order valence-electron chi connectivity index (χ3n) is 3.23. The second kappa shape index (κ2) is 8.58. The molecule has 0 amide bonds. The Bertz CT molecular complexity index is 427. The van der Waals surface area contributed by atoms with Crippen LogP contribution in [0.15, 0.2) is 4.99 Å². The van der Waals surface area contributed by atoms with Crippen molar-refractivity contribution in [3.63, 3.8) is 0 Å². The molecular formula is C14H31N3O3S. The van der Waals surface area contributed by atoms with Gasteiger partial charge < -0.3 is 15.4 Å². The maximum absolute atomic E-state index is 11.2. The van der Waals surface area contributed by atoms with Crippen LogP contribution in [0.1, 0.15) is 34.1 Å². The van der Waals surface area contributed by atoms with Gasteiger partial charge in [0.15, 0.2) is 5.96 Å². The van der Waals surface area contributed by atoms with Gasteiger partial charge in [0.1, 0.15) is 9.84 Å². The van der Waals surface area contributed by atoms with Gasteiger partial charge in [0.2, 0.25) is 0 Å². The van der Waals surface area contributed by atoms with Crippen molar-refractivity contribution in [1.82, 2.24) is 10.6 Å². The number of methoxy groups -OCH3 is 1. The van der Waals surface area contributed by atoms with Gasteiger partial charge in [-0.15, -0.1) is 0 Å². The van der Waals surface area contributed by atoms with Crippen LogP contribution in [0.5, 0.6) is 0 Å². The summed E-state index contributed by atoms with van der Waals surface area (Å²) in [6.07, 6.45) is 1.86. The van der Waals surface area contributed by atoms with Gasteiger partial charge >= 0.3 is 0 Å². The van der Waals surface area contributed by atoms with Gasteiger partial charge in [-0.1, -0.05) is 20.8 Å². The van der Waals surface area contributed by atoms with Crippen molar-refractivity contribution in [2.24, 2.45) is 10.4 Å². The van der Waals surface area contributed by atoms with Gasteiger partial charge in [0.05, 0.1) is 11.9 Å². The average molecular weight is 321 g/mol. The molecule has 7 heteroatoms. The van der Waals surface area contributed by atoms with Crippen molar-refractivity contribution in [2.75, 3.05) is 32.7 Å². The summed E-state index contributed by atoms with van der Waals surface area (Å²) in [7, 11) is 0.458. The maximum atomic E-state index is 11.2. The van der Waals surface area contributed by atoms with Gasteiger partial charge in [0.25, 0.3) is 0 Å². The molecule has 2 N–H and O–H groups in total. The number of nitrogens with one attached hydrogen (secondary N) is 2. The highest BCUT2D eigenvalue weighted by molar-refractivity contribution is 7.90. The van der Waals surface area contributed by atoms with Crippen LogP contribution in [0.2, 0.25) is 0 Å². The molecule has 6 nitrogen and oxygen atoms in total. The minimum absolute atomic E-state index is 0.0292. The Morgan fingerprint density at radius 2 is 1.90 bits per heavy atom. The van der Waals surface area contributed by atoms with Crippen molar-refractivity contribution in [3.05, 3.63) is 0 Å². The van der Waals surface area contributed by atoms with E-state index in [1.54, 1.807) is 14.2 Å². The van der Waals surface area contributed by atoms with Crippen LogP contribution in [0.4, 0.5) is 0 Å². The quantitative estimate of drug-likeness (QED) is 0.541. The number of hydrogen-bond acceptors (Lipinski definition) is 4. The Morgan fingerprint density at radius 1 is 1.33 bits per heavy atom. The number of ether oxygens (including phenoxy) is 1. The first-order valence-electron chi connectivity index (χ1n) is 7.17. The third kappa shape index (κ3) is 9.68. The van der Waals surface area contributed by atoms with Crippen molar-refractivity contribution < 1.29 is 13.2 Å². The lowest BCUT2D eigenvalue weighted by atomic mass is 9.89. The molecule has 0 aromatic carbocycles. The molecule has 2 unspecified atom stereocenters. The molecule has 0 saturated carbocycles. The molecule has 0 aliphatic heterocycles. The largest absolute Gasteiger partial charge is 0.379 e. The summed E-state index contributed by atoms with van der Waals surface area (Å²) in [4.78, 5) is 4.15. The van der Waals surface area contributed by atoms with Gasteiger partial charge in [-0.3, -0.25) is 4.99 Å². The third-order valence-corrected chi connectivity index (χ3v) is 4.21. The minimum Gasteiger partial charge on any atom is -0.379 e. The zero-order valence-corrected chi connectivity index (χ0v) is 15.2. The molecular weight excluding hydrogens is 290 g/mol. The van der Waals surface area contributed by atoms with Crippen LogP contribution in [-0.4, -0.2) is 59.2 Å². The van der Waals surface area contributed by atoms with Crippen LogP contribution in [0.3, 0.4) is 0 Å². The monoisotopic (exact) mass is 321 g/mol. The van der Waals surface area contributed by atoms with Gasteiger partial charge in [-0.2, -0.15) is 0 Å². The van der Waals surface area contributed by atoms with E-state index >= 15 is 0 Å². The van der Waals surface area contributed by atoms with Crippen molar-refractivity contribution in [1.29, 1.82) is 0 Å². The fourth-order valence-electron chi connectivity index (χ4n) is 1.82. The summed E-state index contributed by atoms with van der Waals surface area (Å²) < 4.78 is 27.8. The molecule has 0 heterocycles. The summed E-state index contributed by atoms with van der Waals surface area (Å²) in [5, 5.41) is 6.41. The fourth-order valence-corrected chi connectivity index (χ4v) is 2.61. The lowest BCUT2D eigenvalue weighted by Gasteiger charge is -2.30. The van der Waals surface area contributed by atoms with E-state index in [2.05, 4.69) is 36.4 Å². The van der Waals surface area contributed by atoms with E-state index in [0.717, 1.165) is 0 Å². The molecule has 0 bridgehead atoms. The van der Waals surface area contributed by atoms with E-state index in [4.69, 9.17) is 4.74 Å². The molecule has 0 rings (SSSR count). The molecule has 0 fully saturated rings. The van der Waals surface area contributed by atoms with Crippen LogP contribution in [0, 0.1) is 5.41 Å². The predicted octanol–water partition coefficient (Wildman–Crippen LogP) is 1.04. The highest BCUT2D eigenvalue weighted by Gasteiger charge is 2.24. The zero-order chi connectivity index (χ0) is 16.7. The lowest BCUT2D eigenvalue weighted by Crippen LogP contribution is -2.47. The van der Waals surface area contributed by atoms with E-state index in [0.29, 0.717) is 18.9 Å².